The molecule has 0 aliphatic rings. The maximum Gasteiger partial charge on any atom is 0.303 e. The maximum absolute atomic E-state index is 10.3. The van der Waals surface area contributed by atoms with E-state index in [4.69, 9.17) is 5.11 Å². The third-order valence-electron chi connectivity index (χ3n) is 2.97. The normalized spacial score (nSPS) is 10.7. The highest BCUT2D eigenvalue weighted by atomic mass is 16.4. The van der Waals surface area contributed by atoms with Crippen molar-refractivity contribution in [3.05, 3.63) is 12.7 Å². The van der Waals surface area contributed by atoms with Gasteiger partial charge in [0, 0.05) is 12.8 Å². The van der Waals surface area contributed by atoms with Crippen LogP contribution in [0.5, 0.6) is 0 Å². The quantitative estimate of drug-likeness (QED) is 0.348. The number of aliphatic hydroxyl groups excluding tert-OH is 1. The molecule has 0 aromatic rings. The Hall–Kier alpha value is -1.71. The fourth-order valence-electron chi connectivity index (χ4n) is 1.77. The van der Waals surface area contributed by atoms with Crippen LogP contribution in [0.1, 0.15) is 64.2 Å². The molecule has 0 aliphatic carbocycles. The van der Waals surface area contributed by atoms with Gasteiger partial charge in [0.05, 0.1) is 0 Å². The predicted molar refractivity (Wildman–Crippen MR) is 85.6 cm³/mol. The second-order valence-corrected chi connectivity index (χ2v) is 4.97. The number of hydrogen-bond donors (Lipinski definition) is 2. The SMILES string of the molecule is C=CCCCCC#CC#C[C@H](O)CCCCCCC(=O)O. The highest BCUT2D eigenvalue weighted by molar-refractivity contribution is 5.66. The maximum atomic E-state index is 10.3. The molecule has 0 spiro atoms. The second kappa shape index (κ2) is 14.7. The van der Waals surface area contributed by atoms with Crippen molar-refractivity contribution < 1.29 is 15.0 Å². The summed E-state index contributed by atoms with van der Waals surface area (Å²) in [6, 6.07) is 0. The van der Waals surface area contributed by atoms with Crippen LogP contribution in [0.3, 0.4) is 0 Å². The van der Waals surface area contributed by atoms with Gasteiger partial charge in [0.1, 0.15) is 6.10 Å². The minimum absolute atomic E-state index is 0.227. The molecule has 116 valence electrons. The summed E-state index contributed by atoms with van der Waals surface area (Å²) in [6.07, 6.45) is 9.55. The fourth-order valence-corrected chi connectivity index (χ4v) is 1.77. The first-order valence-electron chi connectivity index (χ1n) is 7.66. The molecule has 0 aliphatic heterocycles. The number of aliphatic hydroxyl groups is 1. The number of carboxylic acid groups (broad SMARTS) is 1. The van der Waals surface area contributed by atoms with E-state index in [9.17, 15) is 9.90 Å². The Morgan fingerprint density at radius 3 is 2.57 bits per heavy atom. The molecule has 0 unspecified atom stereocenters. The molecule has 0 aromatic carbocycles. The average Bonchev–Trinajstić information content (AvgIpc) is 2.45. The van der Waals surface area contributed by atoms with Crippen molar-refractivity contribution in [1.29, 1.82) is 0 Å². The van der Waals surface area contributed by atoms with Crippen LogP contribution >= 0.6 is 0 Å². The van der Waals surface area contributed by atoms with Gasteiger partial charge in [0.2, 0.25) is 0 Å². The monoisotopic (exact) mass is 290 g/mol. The van der Waals surface area contributed by atoms with Crippen LogP contribution in [-0.4, -0.2) is 22.3 Å². The van der Waals surface area contributed by atoms with Gasteiger partial charge in [-0.1, -0.05) is 30.8 Å². The van der Waals surface area contributed by atoms with Gasteiger partial charge in [-0.3, -0.25) is 4.79 Å². The van der Waals surface area contributed by atoms with Gasteiger partial charge in [-0.25, -0.2) is 0 Å². The lowest BCUT2D eigenvalue weighted by Crippen LogP contribution is -2.02. The molecule has 3 nitrogen and oxygen atoms in total. The summed E-state index contributed by atoms with van der Waals surface area (Å²) < 4.78 is 0. The smallest absolute Gasteiger partial charge is 0.303 e. The lowest BCUT2D eigenvalue weighted by atomic mass is 10.1. The average molecular weight is 290 g/mol. The lowest BCUT2D eigenvalue weighted by molar-refractivity contribution is -0.137. The Kier molecular flexibility index (Phi) is 13.5. The Balaban J connectivity index is 3.54. The molecule has 0 saturated heterocycles. The molecule has 3 heteroatoms. The minimum Gasteiger partial charge on any atom is -0.481 e. The molecule has 0 aromatic heterocycles. The molecular weight excluding hydrogens is 264 g/mol. The van der Waals surface area contributed by atoms with Crippen molar-refractivity contribution in [2.24, 2.45) is 0 Å². The zero-order chi connectivity index (χ0) is 15.8. The summed E-state index contributed by atoms with van der Waals surface area (Å²) in [5.74, 6) is 10.4. The predicted octanol–water partition coefficient (Wildman–Crippen LogP) is 3.53. The number of rotatable bonds is 11. The molecule has 0 heterocycles. The standard InChI is InChI=1S/C18H26O3/c1-2-3-4-5-6-7-8-11-14-17(19)15-12-9-10-13-16-18(20)21/h2,17,19H,1,3-6,9-10,12-13,15-16H2,(H,20,21)/t17-/m0/s1. The fraction of sp³-hybridized carbons (Fsp3) is 0.611. The van der Waals surface area contributed by atoms with Crippen molar-refractivity contribution in [3.63, 3.8) is 0 Å². The van der Waals surface area contributed by atoms with E-state index < -0.39 is 12.1 Å². The molecule has 0 amide bonds. The van der Waals surface area contributed by atoms with Gasteiger partial charge < -0.3 is 10.2 Å². The highest BCUT2D eigenvalue weighted by Gasteiger charge is 2.00. The van der Waals surface area contributed by atoms with Crippen LogP contribution in [0, 0.1) is 23.7 Å². The Labute approximate surface area is 128 Å². The first-order valence-corrected chi connectivity index (χ1v) is 7.66. The minimum atomic E-state index is -0.746. The van der Waals surface area contributed by atoms with Crippen LogP contribution in [0.15, 0.2) is 12.7 Å². The number of hydrogen-bond acceptors (Lipinski definition) is 2. The molecule has 0 radical (unpaired) electrons. The number of unbranched alkanes of at least 4 members (excludes halogenated alkanes) is 6. The summed E-state index contributed by atoms with van der Waals surface area (Å²) in [6.45, 7) is 3.66. The van der Waals surface area contributed by atoms with Gasteiger partial charge in [-0.05, 0) is 50.4 Å². The van der Waals surface area contributed by atoms with Crippen LogP contribution < -0.4 is 0 Å². The molecular formula is C18H26O3. The van der Waals surface area contributed by atoms with Crippen molar-refractivity contribution in [2.75, 3.05) is 0 Å². The Morgan fingerprint density at radius 2 is 1.86 bits per heavy atom. The van der Waals surface area contributed by atoms with E-state index in [1.165, 1.54) is 0 Å². The Bertz CT molecular complexity index is 404. The summed E-state index contributed by atoms with van der Waals surface area (Å²) in [7, 11) is 0. The van der Waals surface area contributed by atoms with E-state index in [1.807, 2.05) is 6.08 Å². The molecule has 2 N–H and O–H groups in total. The van der Waals surface area contributed by atoms with E-state index in [1.54, 1.807) is 0 Å². The second-order valence-electron chi connectivity index (χ2n) is 4.97. The van der Waals surface area contributed by atoms with Crippen molar-refractivity contribution >= 4 is 5.97 Å². The number of carbonyl (C=O) groups is 1. The third kappa shape index (κ3) is 16.2. The Morgan fingerprint density at radius 1 is 1.10 bits per heavy atom. The topological polar surface area (TPSA) is 57.5 Å². The van der Waals surface area contributed by atoms with Crippen molar-refractivity contribution in [3.8, 4) is 23.7 Å². The van der Waals surface area contributed by atoms with Crippen LogP contribution in [0.2, 0.25) is 0 Å². The summed E-state index contributed by atoms with van der Waals surface area (Å²) >= 11 is 0. The van der Waals surface area contributed by atoms with Gasteiger partial charge in [-0.2, -0.15) is 0 Å². The lowest BCUT2D eigenvalue weighted by Gasteiger charge is -2.02. The zero-order valence-corrected chi connectivity index (χ0v) is 12.7. The first-order chi connectivity index (χ1) is 10.2. The number of allylic oxidation sites excluding steroid dienone is 1. The molecule has 0 rings (SSSR count). The first kappa shape index (κ1) is 19.3. The molecule has 1 atom stereocenters. The molecule has 21 heavy (non-hydrogen) atoms. The number of carboxylic acids is 1. The van der Waals surface area contributed by atoms with Crippen molar-refractivity contribution in [2.45, 2.75) is 70.3 Å². The van der Waals surface area contributed by atoms with Gasteiger partial charge in [-0.15, -0.1) is 6.58 Å². The van der Waals surface area contributed by atoms with E-state index in [2.05, 4.69) is 30.3 Å². The van der Waals surface area contributed by atoms with E-state index in [0.29, 0.717) is 12.8 Å². The highest BCUT2D eigenvalue weighted by Crippen LogP contribution is 2.07. The van der Waals surface area contributed by atoms with Gasteiger partial charge in [0.15, 0.2) is 0 Å². The van der Waals surface area contributed by atoms with E-state index in [0.717, 1.165) is 44.9 Å². The summed E-state index contributed by atoms with van der Waals surface area (Å²) in [5.41, 5.74) is 0. The van der Waals surface area contributed by atoms with Gasteiger partial charge >= 0.3 is 5.97 Å². The zero-order valence-electron chi connectivity index (χ0n) is 12.7. The largest absolute Gasteiger partial charge is 0.481 e. The van der Waals surface area contributed by atoms with E-state index >= 15 is 0 Å². The summed E-state index contributed by atoms with van der Waals surface area (Å²) in [4.78, 5) is 10.3. The van der Waals surface area contributed by atoms with Crippen molar-refractivity contribution in [1.82, 2.24) is 0 Å². The molecule has 0 saturated carbocycles. The van der Waals surface area contributed by atoms with Gasteiger partial charge in [0.25, 0.3) is 0 Å². The van der Waals surface area contributed by atoms with Crippen LogP contribution in [0.4, 0.5) is 0 Å². The third-order valence-corrected chi connectivity index (χ3v) is 2.97. The van der Waals surface area contributed by atoms with Crippen LogP contribution in [-0.2, 0) is 4.79 Å². The van der Waals surface area contributed by atoms with Crippen LogP contribution in [0.25, 0.3) is 0 Å². The summed E-state index contributed by atoms with van der Waals surface area (Å²) in [5, 5.41) is 18.1. The molecule has 0 bridgehead atoms. The number of aliphatic carboxylic acids is 1. The van der Waals surface area contributed by atoms with E-state index in [-0.39, 0.29) is 6.42 Å². The molecule has 0 fully saturated rings.